The molecule has 122 valence electrons. The van der Waals surface area contributed by atoms with E-state index in [2.05, 4.69) is 20.8 Å². The minimum atomic E-state index is 0.335. The van der Waals surface area contributed by atoms with Crippen molar-refractivity contribution in [1.82, 2.24) is 0 Å². The van der Waals surface area contributed by atoms with Crippen molar-refractivity contribution in [3.63, 3.8) is 0 Å². The van der Waals surface area contributed by atoms with Gasteiger partial charge < -0.3 is 4.74 Å². The molecule has 0 radical (unpaired) electrons. The van der Waals surface area contributed by atoms with Crippen LogP contribution in [0.4, 0.5) is 0 Å². The molecule has 5 unspecified atom stereocenters. The second kappa shape index (κ2) is 6.40. The molecule has 0 heterocycles. The maximum Gasteiger partial charge on any atom is 0.0663 e. The quantitative estimate of drug-likeness (QED) is 0.599. The Labute approximate surface area is 136 Å². The Hall–Kier alpha value is 0.250. The zero-order valence-electron chi connectivity index (χ0n) is 14.1. The van der Waals surface area contributed by atoms with E-state index in [1.807, 2.05) is 0 Å². The van der Waals surface area contributed by atoms with Crippen molar-refractivity contribution in [2.24, 2.45) is 23.2 Å². The summed E-state index contributed by atoms with van der Waals surface area (Å²) in [4.78, 5) is 0. The summed E-state index contributed by atoms with van der Waals surface area (Å²) in [6.45, 7) is 7.14. The molecule has 3 rings (SSSR count). The second-order valence-electron chi connectivity index (χ2n) is 8.49. The van der Waals surface area contributed by atoms with Gasteiger partial charge >= 0.3 is 0 Å². The van der Waals surface area contributed by atoms with Gasteiger partial charge in [0.25, 0.3) is 0 Å². The molecule has 3 saturated carbocycles. The Morgan fingerprint density at radius 1 is 1.05 bits per heavy atom. The lowest BCUT2D eigenvalue weighted by Crippen LogP contribution is -2.58. The maximum atomic E-state index is 6.75. The molecule has 2 heteroatoms. The molecule has 5 atom stereocenters. The zero-order chi connectivity index (χ0) is 15.0. The van der Waals surface area contributed by atoms with Gasteiger partial charge in [-0.2, -0.15) is 0 Å². The number of hydrogen-bond acceptors (Lipinski definition) is 1. The molecule has 0 aromatic carbocycles. The molecule has 3 aliphatic carbocycles. The number of ether oxygens (including phenoxy) is 1. The van der Waals surface area contributed by atoms with Crippen molar-refractivity contribution in [2.45, 2.75) is 96.1 Å². The Kier molecular flexibility index (Phi) is 4.91. The van der Waals surface area contributed by atoms with E-state index in [1.54, 1.807) is 0 Å². The average Bonchev–Trinajstić information content (AvgIpc) is 2.47. The standard InChI is InChI=1S/C19H33ClO/c1-13(2)15-8-7-14(3)11-16(15)21-18-12-17(20)19(18)9-5-4-6-10-19/h13-18H,4-12H2,1-3H3. The van der Waals surface area contributed by atoms with Gasteiger partial charge in [0.05, 0.1) is 12.2 Å². The van der Waals surface area contributed by atoms with Gasteiger partial charge in [0.15, 0.2) is 0 Å². The third-order valence-corrected chi connectivity index (χ3v) is 7.38. The highest BCUT2D eigenvalue weighted by atomic mass is 35.5. The van der Waals surface area contributed by atoms with Crippen molar-refractivity contribution in [2.75, 3.05) is 0 Å². The molecule has 0 aromatic rings. The molecule has 0 aromatic heterocycles. The summed E-state index contributed by atoms with van der Waals surface area (Å²) >= 11 is 6.64. The van der Waals surface area contributed by atoms with Gasteiger partial charge in [0, 0.05) is 10.8 Å². The third-order valence-electron chi connectivity index (χ3n) is 6.77. The van der Waals surface area contributed by atoms with Crippen LogP contribution in [0.3, 0.4) is 0 Å². The summed E-state index contributed by atoms with van der Waals surface area (Å²) in [7, 11) is 0. The fourth-order valence-electron chi connectivity index (χ4n) is 5.22. The fourth-order valence-corrected chi connectivity index (χ4v) is 5.74. The van der Waals surface area contributed by atoms with Crippen molar-refractivity contribution in [1.29, 1.82) is 0 Å². The first kappa shape index (κ1) is 16.1. The van der Waals surface area contributed by atoms with Crippen molar-refractivity contribution < 1.29 is 4.74 Å². The molecule has 0 bridgehead atoms. The summed E-state index contributed by atoms with van der Waals surface area (Å²) in [5.74, 6) is 2.34. The average molecular weight is 313 g/mol. The van der Waals surface area contributed by atoms with Gasteiger partial charge in [-0.25, -0.2) is 0 Å². The van der Waals surface area contributed by atoms with E-state index in [4.69, 9.17) is 16.3 Å². The summed E-state index contributed by atoms with van der Waals surface area (Å²) in [6.07, 6.45) is 12.8. The van der Waals surface area contributed by atoms with E-state index in [-0.39, 0.29) is 0 Å². The Morgan fingerprint density at radius 3 is 2.38 bits per heavy atom. The van der Waals surface area contributed by atoms with Gasteiger partial charge in [-0.15, -0.1) is 11.6 Å². The van der Waals surface area contributed by atoms with Gasteiger partial charge in [0.1, 0.15) is 0 Å². The van der Waals surface area contributed by atoms with Crippen LogP contribution in [0.1, 0.15) is 78.6 Å². The molecule has 0 amide bonds. The summed E-state index contributed by atoms with van der Waals surface area (Å²) in [5, 5.41) is 0.376. The first-order chi connectivity index (χ1) is 10.0. The van der Waals surface area contributed by atoms with E-state index in [0.717, 1.165) is 24.2 Å². The van der Waals surface area contributed by atoms with Crippen LogP contribution in [-0.2, 0) is 4.74 Å². The predicted octanol–water partition coefficient (Wildman–Crippen LogP) is 5.79. The van der Waals surface area contributed by atoms with E-state index in [1.165, 1.54) is 51.4 Å². The Balaban J connectivity index is 1.66. The number of halogens is 1. The minimum Gasteiger partial charge on any atom is -0.374 e. The molecule has 0 N–H and O–H groups in total. The minimum absolute atomic E-state index is 0.335. The Bertz CT molecular complexity index is 347. The highest BCUT2D eigenvalue weighted by Gasteiger charge is 2.56. The van der Waals surface area contributed by atoms with Gasteiger partial charge in [-0.1, -0.05) is 46.5 Å². The van der Waals surface area contributed by atoms with E-state index >= 15 is 0 Å². The van der Waals surface area contributed by atoms with Crippen LogP contribution in [0.25, 0.3) is 0 Å². The molecule has 21 heavy (non-hydrogen) atoms. The Morgan fingerprint density at radius 2 is 1.76 bits per heavy atom. The zero-order valence-corrected chi connectivity index (χ0v) is 14.9. The van der Waals surface area contributed by atoms with Gasteiger partial charge in [-0.3, -0.25) is 0 Å². The summed E-state index contributed by atoms with van der Waals surface area (Å²) in [5.41, 5.74) is 0.335. The lowest BCUT2D eigenvalue weighted by molar-refractivity contribution is -0.179. The van der Waals surface area contributed by atoms with E-state index in [0.29, 0.717) is 23.0 Å². The smallest absolute Gasteiger partial charge is 0.0663 e. The van der Waals surface area contributed by atoms with Crippen LogP contribution in [0.15, 0.2) is 0 Å². The van der Waals surface area contributed by atoms with E-state index < -0.39 is 0 Å². The van der Waals surface area contributed by atoms with Crippen LogP contribution >= 0.6 is 11.6 Å². The molecule has 1 nitrogen and oxygen atoms in total. The fraction of sp³-hybridized carbons (Fsp3) is 1.00. The molecule has 3 aliphatic rings. The number of alkyl halides is 1. The number of hydrogen-bond donors (Lipinski definition) is 0. The maximum absolute atomic E-state index is 6.75. The number of rotatable bonds is 3. The lowest BCUT2D eigenvalue weighted by Gasteiger charge is -2.57. The van der Waals surface area contributed by atoms with E-state index in [9.17, 15) is 0 Å². The van der Waals surface area contributed by atoms with Crippen LogP contribution in [-0.4, -0.2) is 17.6 Å². The SMILES string of the molecule is CC1CCC(C(C)C)C(OC2CC(Cl)C23CCCCC3)C1. The molecule has 0 saturated heterocycles. The highest BCUT2D eigenvalue weighted by molar-refractivity contribution is 6.21. The molecule has 1 spiro atoms. The van der Waals surface area contributed by atoms with Gasteiger partial charge in [-0.05, 0) is 49.9 Å². The summed E-state index contributed by atoms with van der Waals surface area (Å²) in [6, 6.07) is 0. The van der Waals surface area contributed by atoms with Crippen LogP contribution in [0.2, 0.25) is 0 Å². The molecule has 0 aliphatic heterocycles. The largest absolute Gasteiger partial charge is 0.374 e. The molecule has 3 fully saturated rings. The highest BCUT2D eigenvalue weighted by Crippen LogP contribution is 2.56. The summed E-state index contributed by atoms with van der Waals surface area (Å²) < 4.78 is 6.75. The second-order valence-corrected chi connectivity index (χ2v) is 9.01. The van der Waals surface area contributed by atoms with Crippen LogP contribution in [0, 0.1) is 23.2 Å². The van der Waals surface area contributed by atoms with Crippen molar-refractivity contribution >= 4 is 11.6 Å². The lowest BCUT2D eigenvalue weighted by atomic mass is 9.58. The molecular weight excluding hydrogens is 280 g/mol. The first-order valence-electron chi connectivity index (χ1n) is 9.32. The topological polar surface area (TPSA) is 9.23 Å². The molecular formula is C19H33ClO. The van der Waals surface area contributed by atoms with Crippen molar-refractivity contribution in [3.8, 4) is 0 Å². The van der Waals surface area contributed by atoms with Crippen LogP contribution < -0.4 is 0 Å². The predicted molar refractivity (Wildman–Crippen MR) is 89.8 cm³/mol. The van der Waals surface area contributed by atoms with Crippen LogP contribution in [0.5, 0.6) is 0 Å². The van der Waals surface area contributed by atoms with Gasteiger partial charge in [0.2, 0.25) is 0 Å². The third kappa shape index (κ3) is 3.02. The normalized spacial score (nSPS) is 43.0. The monoisotopic (exact) mass is 312 g/mol. The van der Waals surface area contributed by atoms with Crippen molar-refractivity contribution in [3.05, 3.63) is 0 Å². The first-order valence-corrected chi connectivity index (χ1v) is 9.76.